The number of amides is 1. The van der Waals surface area contributed by atoms with Crippen LogP contribution in [-0.4, -0.2) is 53.9 Å². The summed E-state index contributed by atoms with van der Waals surface area (Å²) < 4.78 is 0.892. The van der Waals surface area contributed by atoms with E-state index in [1.54, 1.807) is 12.3 Å². The van der Waals surface area contributed by atoms with Crippen LogP contribution < -0.4 is 0 Å². The number of aromatic nitrogens is 1. The second kappa shape index (κ2) is 5.80. The maximum Gasteiger partial charge on any atom is 0.272 e. The van der Waals surface area contributed by atoms with E-state index in [1.807, 2.05) is 11.0 Å². The van der Waals surface area contributed by atoms with Gasteiger partial charge in [0, 0.05) is 29.8 Å². The van der Waals surface area contributed by atoms with Gasteiger partial charge >= 0.3 is 0 Å². The van der Waals surface area contributed by atoms with E-state index < -0.39 is 0 Å². The molecular weight excluding hydrogens is 294 g/mol. The number of nitrogens with zero attached hydrogens (tertiary/aromatic N) is 3. The van der Waals surface area contributed by atoms with Gasteiger partial charge < -0.3 is 9.80 Å². The number of likely N-dealkylation sites (N-methyl/N-ethyl adjacent to an activating group) is 1. The Balaban J connectivity index is 2.06. The van der Waals surface area contributed by atoms with Crippen molar-refractivity contribution in [2.45, 2.75) is 18.9 Å². The minimum absolute atomic E-state index is 0.0362. The number of carbonyl (C=O) groups is 1. The fourth-order valence-corrected chi connectivity index (χ4v) is 2.46. The van der Waals surface area contributed by atoms with Gasteiger partial charge in [0.05, 0.1) is 0 Å². The molecule has 1 amide bonds. The topological polar surface area (TPSA) is 36.4 Å². The van der Waals surface area contributed by atoms with Gasteiger partial charge in [0.1, 0.15) is 5.69 Å². The first-order valence-electron chi connectivity index (χ1n) is 6.15. The SMILES string of the molecule is CN(C)C1CCCN(C(=O)c2ccc(Br)cn2)C1. The van der Waals surface area contributed by atoms with Gasteiger partial charge in [0.15, 0.2) is 0 Å². The zero-order chi connectivity index (χ0) is 13.1. The molecule has 5 heteroatoms. The Morgan fingerprint density at radius 2 is 2.28 bits per heavy atom. The maximum absolute atomic E-state index is 12.3. The summed E-state index contributed by atoms with van der Waals surface area (Å²) in [4.78, 5) is 20.6. The van der Waals surface area contributed by atoms with E-state index in [9.17, 15) is 4.79 Å². The van der Waals surface area contributed by atoms with Crippen molar-refractivity contribution in [1.29, 1.82) is 0 Å². The number of carbonyl (C=O) groups excluding carboxylic acids is 1. The third kappa shape index (κ3) is 3.09. The van der Waals surface area contributed by atoms with Crippen LogP contribution in [0.4, 0.5) is 0 Å². The Morgan fingerprint density at radius 3 is 2.89 bits per heavy atom. The van der Waals surface area contributed by atoms with Crippen molar-refractivity contribution in [2.75, 3.05) is 27.2 Å². The molecule has 1 aliphatic heterocycles. The number of halogens is 1. The molecular formula is C13H18BrN3O. The summed E-state index contributed by atoms with van der Waals surface area (Å²) in [5.41, 5.74) is 0.526. The van der Waals surface area contributed by atoms with E-state index in [2.05, 4.69) is 39.9 Å². The van der Waals surface area contributed by atoms with Gasteiger partial charge in [-0.1, -0.05) is 0 Å². The molecule has 0 radical (unpaired) electrons. The molecule has 98 valence electrons. The number of likely N-dealkylation sites (tertiary alicyclic amines) is 1. The molecule has 2 heterocycles. The van der Waals surface area contributed by atoms with Crippen LogP contribution in [0.3, 0.4) is 0 Å². The van der Waals surface area contributed by atoms with E-state index in [0.717, 1.165) is 30.4 Å². The molecule has 0 aromatic carbocycles. The van der Waals surface area contributed by atoms with Crippen LogP contribution in [0, 0.1) is 0 Å². The van der Waals surface area contributed by atoms with Crippen LogP contribution >= 0.6 is 15.9 Å². The fraction of sp³-hybridized carbons (Fsp3) is 0.538. The number of hydrogen-bond acceptors (Lipinski definition) is 3. The lowest BCUT2D eigenvalue weighted by Gasteiger charge is -2.35. The van der Waals surface area contributed by atoms with E-state index in [1.165, 1.54) is 0 Å². The first-order chi connectivity index (χ1) is 8.58. The molecule has 1 aromatic heterocycles. The van der Waals surface area contributed by atoms with Crippen molar-refractivity contribution in [3.05, 3.63) is 28.5 Å². The normalized spacial score (nSPS) is 20.2. The van der Waals surface area contributed by atoms with Gasteiger partial charge in [-0.15, -0.1) is 0 Å². The monoisotopic (exact) mass is 311 g/mol. The zero-order valence-corrected chi connectivity index (χ0v) is 12.4. The van der Waals surface area contributed by atoms with E-state index >= 15 is 0 Å². The molecule has 0 N–H and O–H groups in total. The standard InChI is InChI=1S/C13H18BrN3O/c1-16(2)11-4-3-7-17(9-11)13(18)12-6-5-10(14)8-15-12/h5-6,8,11H,3-4,7,9H2,1-2H3. The predicted molar refractivity (Wildman–Crippen MR) is 74.5 cm³/mol. The Morgan fingerprint density at radius 1 is 1.50 bits per heavy atom. The molecule has 18 heavy (non-hydrogen) atoms. The van der Waals surface area contributed by atoms with Gasteiger partial charge in [-0.25, -0.2) is 4.98 Å². The van der Waals surface area contributed by atoms with Crippen LogP contribution in [0.2, 0.25) is 0 Å². The highest BCUT2D eigenvalue weighted by Gasteiger charge is 2.25. The molecule has 0 aliphatic carbocycles. The number of pyridine rings is 1. The Labute approximate surface area is 116 Å². The van der Waals surface area contributed by atoms with Crippen molar-refractivity contribution in [1.82, 2.24) is 14.8 Å². The van der Waals surface area contributed by atoms with Crippen LogP contribution in [0.15, 0.2) is 22.8 Å². The highest BCUT2D eigenvalue weighted by atomic mass is 79.9. The Bertz CT molecular complexity index is 419. The average molecular weight is 312 g/mol. The van der Waals surface area contributed by atoms with Crippen molar-refractivity contribution >= 4 is 21.8 Å². The van der Waals surface area contributed by atoms with Crippen molar-refractivity contribution in [3.63, 3.8) is 0 Å². The van der Waals surface area contributed by atoms with Gasteiger partial charge in [0.2, 0.25) is 0 Å². The molecule has 0 bridgehead atoms. The number of hydrogen-bond donors (Lipinski definition) is 0. The summed E-state index contributed by atoms with van der Waals surface area (Å²) in [6.07, 6.45) is 3.89. The molecule has 1 aromatic rings. The minimum Gasteiger partial charge on any atom is -0.336 e. The fourth-order valence-electron chi connectivity index (χ4n) is 2.23. The number of piperidine rings is 1. The summed E-state index contributed by atoms with van der Waals surface area (Å²) in [5, 5.41) is 0. The molecule has 4 nitrogen and oxygen atoms in total. The third-order valence-corrected chi connectivity index (χ3v) is 3.83. The smallest absolute Gasteiger partial charge is 0.272 e. The van der Waals surface area contributed by atoms with Crippen LogP contribution in [0.5, 0.6) is 0 Å². The van der Waals surface area contributed by atoms with E-state index in [0.29, 0.717) is 11.7 Å². The largest absolute Gasteiger partial charge is 0.336 e. The van der Waals surface area contributed by atoms with Crippen molar-refractivity contribution in [3.8, 4) is 0 Å². The Hall–Kier alpha value is -0.940. The zero-order valence-electron chi connectivity index (χ0n) is 10.8. The predicted octanol–water partition coefficient (Wildman–Crippen LogP) is 2.01. The van der Waals surface area contributed by atoms with Crippen LogP contribution in [0.25, 0.3) is 0 Å². The summed E-state index contributed by atoms with van der Waals surface area (Å²) in [5.74, 6) is 0.0362. The number of rotatable bonds is 2. The summed E-state index contributed by atoms with van der Waals surface area (Å²) in [6, 6.07) is 4.08. The molecule has 2 rings (SSSR count). The van der Waals surface area contributed by atoms with Crippen LogP contribution in [0.1, 0.15) is 23.3 Å². The van der Waals surface area contributed by atoms with Gasteiger partial charge in [0.25, 0.3) is 5.91 Å². The van der Waals surface area contributed by atoms with Crippen molar-refractivity contribution in [2.24, 2.45) is 0 Å². The minimum atomic E-state index is 0.0362. The first-order valence-corrected chi connectivity index (χ1v) is 6.94. The second-order valence-corrected chi connectivity index (χ2v) is 5.79. The summed E-state index contributed by atoms with van der Waals surface area (Å²) >= 11 is 3.33. The lowest BCUT2D eigenvalue weighted by molar-refractivity contribution is 0.0629. The third-order valence-electron chi connectivity index (χ3n) is 3.36. The van der Waals surface area contributed by atoms with E-state index in [-0.39, 0.29) is 5.91 Å². The molecule has 1 fully saturated rings. The lowest BCUT2D eigenvalue weighted by atomic mass is 10.0. The highest BCUT2D eigenvalue weighted by Crippen LogP contribution is 2.16. The molecule has 0 spiro atoms. The van der Waals surface area contributed by atoms with Crippen molar-refractivity contribution < 1.29 is 4.79 Å². The first kappa shape index (κ1) is 13.5. The highest BCUT2D eigenvalue weighted by molar-refractivity contribution is 9.10. The Kier molecular flexibility index (Phi) is 4.35. The van der Waals surface area contributed by atoms with E-state index in [4.69, 9.17) is 0 Å². The summed E-state index contributed by atoms with van der Waals surface area (Å²) in [7, 11) is 4.13. The second-order valence-electron chi connectivity index (χ2n) is 4.87. The molecule has 1 unspecified atom stereocenters. The van der Waals surface area contributed by atoms with Gasteiger partial charge in [-0.3, -0.25) is 4.79 Å². The molecule has 1 saturated heterocycles. The van der Waals surface area contributed by atoms with Gasteiger partial charge in [-0.2, -0.15) is 0 Å². The van der Waals surface area contributed by atoms with Gasteiger partial charge in [-0.05, 0) is 55.0 Å². The molecule has 1 atom stereocenters. The maximum atomic E-state index is 12.3. The molecule has 0 saturated carbocycles. The lowest BCUT2D eigenvalue weighted by Crippen LogP contribution is -2.47. The summed E-state index contributed by atoms with van der Waals surface area (Å²) in [6.45, 7) is 1.63. The van der Waals surface area contributed by atoms with Crippen LogP contribution in [-0.2, 0) is 0 Å². The molecule has 1 aliphatic rings. The quantitative estimate of drug-likeness (QED) is 0.838. The average Bonchev–Trinajstić information content (AvgIpc) is 2.39.